The topological polar surface area (TPSA) is 29.3 Å². The molecule has 0 radical (unpaired) electrons. The zero-order chi connectivity index (χ0) is 12.7. The molecule has 1 aromatic rings. The fourth-order valence-electron chi connectivity index (χ4n) is 3.73. The monoisotopic (exact) mass is 308 g/mol. The molecule has 1 saturated carbocycles. The van der Waals surface area contributed by atoms with Crippen molar-refractivity contribution in [3.05, 3.63) is 28.2 Å². The van der Waals surface area contributed by atoms with Gasteiger partial charge < -0.3 is 10.6 Å². The summed E-state index contributed by atoms with van der Waals surface area (Å²) in [4.78, 5) is 2.47. The van der Waals surface area contributed by atoms with Crippen LogP contribution in [0.1, 0.15) is 43.7 Å². The molecule has 98 valence electrons. The fourth-order valence-corrected chi connectivity index (χ4v) is 4.08. The van der Waals surface area contributed by atoms with Gasteiger partial charge in [0.1, 0.15) is 0 Å². The van der Waals surface area contributed by atoms with Crippen molar-refractivity contribution in [1.82, 2.24) is 0 Å². The molecule has 18 heavy (non-hydrogen) atoms. The Morgan fingerprint density at radius 2 is 2.00 bits per heavy atom. The number of hydrogen-bond acceptors (Lipinski definition) is 2. The van der Waals surface area contributed by atoms with Crippen molar-refractivity contribution in [1.29, 1.82) is 0 Å². The van der Waals surface area contributed by atoms with Crippen LogP contribution < -0.4 is 10.6 Å². The number of fused-ring (bicyclic) bond motifs is 2. The summed E-state index contributed by atoms with van der Waals surface area (Å²) >= 11 is 3.57. The zero-order valence-electron chi connectivity index (χ0n) is 10.9. The molecule has 1 aromatic carbocycles. The first-order chi connectivity index (χ1) is 8.68. The first-order valence-corrected chi connectivity index (χ1v) is 7.75. The third-order valence-electron chi connectivity index (χ3n) is 4.72. The highest BCUT2D eigenvalue weighted by Crippen LogP contribution is 2.44. The van der Waals surface area contributed by atoms with Crippen LogP contribution in [0.15, 0.2) is 22.7 Å². The number of anilines is 1. The summed E-state index contributed by atoms with van der Waals surface area (Å²) < 4.78 is 1.15. The van der Waals surface area contributed by atoms with E-state index in [0.717, 1.165) is 4.47 Å². The number of halogens is 1. The normalized spacial score (nSPS) is 31.5. The van der Waals surface area contributed by atoms with E-state index in [1.165, 1.54) is 43.4 Å². The molecule has 0 aromatic heterocycles. The lowest BCUT2D eigenvalue weighted by atomic mass is 9.79. The molecule has 2 nitrogen and oxygen atoms in total. The van der Waals surface area contributed by atoms with Crippen molar-refractivity contribution in [2.75, 3.05) is 11.9 Å². The van der Waals surface area contributed by atoms with Gasteiger partial charge in [-0.2, -0.15) is 0 Å². The lowest BCUT2D eigenvalue weighted by molar-refractivity contribution is 0.310. The Hall–Kier alpha value is -0.540. The SMILES string of the molecule is CN1c2cc(Br)ccc2C(N)C2CCCCCC21. The van der Waals surface area contributed by atoms with Crippen LogP contribution in [0.3, 0.4) is 0 Å². The lowest BCUT2D eigenvalue weighted by Gasteiger charge is -2.44. The number of benzene rings is 1. The predicted octanol–water partition coefficient (Wildman–Crippen LogP) is 3.85. The van der Waals surface area contributed by atoms with Gasteiger partial charge in [-0.05, 0) is 36.5 Å². The van der Waals surface area contributed by atoms with Crippen LogP contribution in [0.25, 0.3) is 0 Å². The summed E-state index contributed by atoms with van der Waals surface area (Å²) in [6.45, 7) is 0. The van der Waals surface area contributed by atoms with Gasteiger partial charge in [0.25, 0.3) is 0 Å². The second kappa shape index (κ2) is 4.86. The largest absolute Gasteiger partial charge is 0.371 e. The highest BCUT2D eigenvalue weighted by atomic mass is 79.9. The van der Waals surface area contributed by atoms with Crippen LogP contribution in [0.5, 0.6) is 0 Å². The van der Waals surface area contributed by atoms with E-state index in [9.17, 15) is 0 Å². The third kappa shape index (κ3) is 1.97. The van der Waals surface area contributed by atoms with Crippen molar-refractivity contribution in [2.24, 2.45) is 11.7 Å². The third-order valence-corrected chi connectivity index (χ3v) is 5.22. The Labute approximate surface area is 118 Å². The first kappa shape index (κ1) is 12.5. The summed E-state index contributed by atoms with van der Waals surface area (Å²) in [7, 11) is 2.24. The van der Waals surface area contributed by atoms with Gasteiger partial charge in [-0.15, -0.1) is 0 Å². The Morgan fingerprint density at radius 1 is 1.22 bits per heavy atom. The molecular weight excluding hydrogens is 288 g/mol. The smallest absolute Gasteiger partial charge is 0.0426 e. The minimum atomic E-state index is 0.215. The number of rotatable bonds is 0. The number of nitrogens with zero attached hydrogens (tertiary/aromatic N) is 1. The van der Waals surface area contributed by atoms with Gasteiger partial charge in [-0.3, -0.25) is 0 Å². The molecule has 2 N–H and O–H groups in total. The summed E-state index contributed by atoms with van der Waals surface area (Å²) in [5.41, 5.74) is 9.18. The van der Waals surface area contributed by atoms with E-state index in [2.05, 4.69) is 46.1 Å². The molecule has 3 unspecified atom stereocenters. The van der Waals surface area contributed by atoms with Gasteiger partial charge in [0.2, 0.25) is 0 Å². The maximum absolute atomic E-state index is 6.54. The molecule has 0 bridgehead atoms. The zero-order valence-corrected chi connectivity index (χ0v) is 12.5. The average molecular weight is 309 g/mol. The molecule has 1 aliphatic carbocycles. The van der Waals surface area contributed by atoms with Crippen LogP contribution in [-0.4, -0.2) is 13.1 Å². The Balaban J connectivity index is 2.04. The van der Waals surface area contributed by atoms with Crippen molar-refractivity contribution in [2.45, 2.75) is 44.2 Å². The standard InChI is InChI=1S/C15H21BrN2/c1-18-13-6-4-2-3-5-11(13)15(17)12-8-7-10(16)9-14(12)18/h7-9,11,13,15H,2-6,17H2,1H3. The Bertz CT molecular complexity index is 446. The van der Waals surface area contributed by atoms with Crippen LogP contribution in [0, 0.1) is 5.92 Å². The van der Waals surface area contributed by atoms with Crippen LogP contribution in [0.4, 0.5) is 5.69 Å². The maximum Gasteiger partial charge on any atom is 0.0426 e. The quantitative estimate of drug-likeness (QED) is 0.789. The van der Waals surface area contributed by atoms with E-state index in [0.29, 0.717) is 12.0 Å². The molecule has 0 amide bonds. The van der Waals surface area contributed by atoms with Crippen molar-refractivity contribution in [3.8, 4) is 0 Å². The number of hydrogen-bond donors (Lipinski definition) is 1. The van der Waals surface area contributed by atoms with Crippen molar-refractivity contribution in [3.63, 3.8) is 0 Å². The Morgan fingerprint density at radius 3 is 2.83 bits per heavy atom. The van der Waals surface area contributed by atoms with E-state index in [1.54, 1.807) is 0 Å². The number of nitrogens with two attached hydrogens (primary N) is 1. The van der Waals surface area contributed by atoms with Gasteiger partial charge >= 0.3 is 0 Å². The summed E-state index contributed by atoms with van der Waals surface area (Å²) in [5, 5.41) is 0. The first-order valence-electron chi connectivity index (χ1n) is 6.96. The fraction of sp³-hybridized carbons (Fsp3) is 0.600. The summed E-state index contributed by atoms with van der Waals surface area (Å²) in [6.07, 6.45) is 6.64. The molecule has 3 rings (SSSR count). The minimum Gasteiger partial charge on any atom is -0.371 e. The average Bonchev–Trinajstić information content (AvgIpc) is 2.61. The highest BCUT2D eigenvalue weighted by molar-refractivity contribution is 9.10. The highest BCUT2D eigenvalue weighted by Gasteiger charge is 2.38. The van der Waals surface area contributed by atoms with Crippen LogP contribution in [-0.2, 0) is 0 Å². The van der Waals surface area contributed by atoms with E-state index >= 15 is 0 Å². The van der Waals surface area contributed by atoms with Gasteiger partial charge in [0.15, 0.2) is 0 Å². The van der Waals surface area contributed by atoms with E-state index in [1.807, 2.05) is 0 Å². The maximum atomic E-state index is 6.54. The van der Waals surface area contributed by atoms with Crippen molar-refractivity contribution < 1.29 is 0 Å². The van der Waals surface area contributed by atoms with Crippen LogP contribution >= 0.6 is 15.9 Å². The van der Waals surface area contributed by atoms with E-state index in [-0.39, 0.29) is 6.04 Å². The lowest BCUT2D eigenvalue weighted by Crippen LogP contribution is -2.46. The second-order valence-corrected chi connectivity index (χ2v) is 6.62. The predicted molar refractivity (Wildman–Crippen MR) is 79.8 cm³/mol. The molecule has 1 heterocycles. The molecule has 3 atom stereocenters. The molecule has 3 heteroatoms. The molecule has 0 saturated heterocycles. The van der Waals surface area contributed by atoms with Crippen molar-refractivity contribution >= 4 is 21.6 Å². The molecule has 1 fully saturated rings. The minimum absolute atomic E-state index is 0.215. The van der Waals surface area contributed by atoms with Gasteiger partial charge in [0, 0.05) is 29.3 Å². The van der Waals surface area contributed by atoms with Crippen LogP contribution in [0.2, 0.25) is 0 Å². The van der Waals surface area contributed by atoms with Gasteiger partial charge in [-0.1, -0.05) is 41.3 Å². The molecular formula is C15H21BrN2. The van der Waals surface area contributed by atoms with Gasteiger partial charge in [0.05, 0.1) is 0 Å². The Kier molecular flexibility index (Phi) is 3.37. The second-order valence-electron chi connectivity index (χ2n) is 5.71. The molecule has 0 spiro atoms. The van der Waals surface area contributed by atoms with Gasteiger partial charge in [-0.25, -0.2) is 0 Å². The summed E-state index contributed by atoms with van der Waals surface area (Å²) in [6, 6.07) is 7.37. The van der Waals surface area contributed by atoms with E-state index in [4.69, 9.17) is 5.73 Å². The molecule has 2 aliphatic rings. The van der Waals surface area contributed by atoms with E-state index < -0.39 is 0 Å². The summed E-state index contributed by atoms with van der Waals surface area (Å²) in [5.74, 6) is 0.631. The molecule has 1 aliphatic heterocycles.